The Morgan fingerprint density at radius 1 is 1.50 bits per heavy atom. The maximum atomic E-state index is 11.9. The van der Waals surface area contributed by atoms with E-state index in [0.29, 0.717) is 5.75 Å². The second-order valence-electron chi connectivity index (χ2n) is 3.65. The van der Waals surface area contributed by atoms with Crippen LogP contribution in [0.1, 0.15) is 10.5 Å². The normalized spacial score (nSPS) is 9.80. The third-order valence-electron chi connectivity index (χ3n) is 2.10. The lowest BCUT2D eigenvalue weighted by Crippen LogP contribution is -2.29. The molecular weight excluding hydrogens is 264 g/mol. The second-order valence-corrected chi connectivity index (χ2v) is 3.65. The van der Waals surface area contributed by atoms with Crippen molar-refractivity contribution in [3.8, 4) is 5.75 Å². The van der Waals surface area contributed by atoms with Gasteiger partial charge in [-0.3, -0.25) is 4.79 Å². The van der Waals surface area contributed by atoms with Crippen LogP contribution in [-0.2, 0) is 9.53 Å². The lowest BCUT2D eigenvalue weighted by molar-refractivity contribution is -0.142. The Balaban J connectivity index is 2.46. The van der Waals surface area contributed by atoms with Gasteiger partial charge in [0, 0.05) is 12.7 Å². The number of carboxylic acid groups (broad SMARTS) is 1. The van der Waals surface area contributed by atoms with Gasteiger partial charge in [-0.05, 0) is 12.1 Å². The molecule has 2 N–H and O–H groups in total. The third kappa shape index (κ3) is 5.49. The van der Waals surface area contributed by atoms with Crippen molar-refractivity contribution in [2.45, 2.75) is 0 Å². The van der Waals surface area contributed by atoms with Crippen molar-refractivity contribution in [3.63, 3.8) is 0 Å². The van der Waals surface area contributed by atoms with Crippen LogP contribution in [0.2, 0.25) is 0 Å². The number of hydrogen-bond acceptors (Lipinski definition) is 5. The molecule has 0 saturated carbocycles. The van der Waals surface area contributed by atoms with E-state index in [-0.39, 0.29) is 25.5 Å². The Bertz CT molecular complexity index is 476. The SMILES string of the molecule is C=CCOc1cccnc1C(=O)NCCOCC(=O)O. The number of ether oxygens (including phenoxy) is 2. The molecule has 0 aliphatic heterocycles. The number of hydrogen-bond donors (Lipinski definition) is 2. The van der Waals surface area contributed by atoms with Crippen LogP contribution in [0.4, 0.5) is 0 Å². The summed E-state index contributed by atoms with van der Waals surface area (Å²) >= 11 is 0. The smallest absolute Gasteiger partial charge is 0.329 e. The average molecular weight is 280 g/mol. The van der Waals surface area contributed by atoms with Crippen LogP contribution in [0.5, 0.6) is 5.75 Å². The number of amides is 1. The molecule has 7 heteroatoms. The van der Waals surface area contributed by atoms with Crippen molar-refractivity contribution in [2.24, 2.45) is 0 Å². The van der Waals surface area contributed by atoms with Gasteiger partial charge in [0.2, 0.25) is 0 Å². The first-order valence-electron chi connectivity index (χ1n) is 5.91. The van der Waals surface area contributed by atoms with E-state index in [4.69, 9.17) is 14.6 Å². The van der Waals surface area contributed by atoms with Crippen LogP contribution >= 0.6 is 0 Å². The van der Waals surface area contributed by atoms with Gasteiger partial charge in [-0.1, -0.05) is 12.7 Å². The molecule has 0 unspecified atom stereocenters. The topological polar surface area (TPSA) is 97.8 Å². The van der Waals surface area contributed by atoms with Gasteiger partial charge >= 0.3 is 5.97 Å². The summed E-state index contributed by atoms with van der Waals surface area (Å²) in [6.07, 6.45) is 3.05. The van der Waals surface area contributed by atoms with Gasteiger partial charge in [0.05, 0.1) is 6.61 Å². The first kappa shape index (κ1) is 15.6. The maximum Gasteiger partial charge on any atom is 0.329 e. The zero-order chi connectivity index (χ0) is 14.8. The molecule has 0 aromatic carbocycles. The highest BCUT2D eigenvalue weighted by Gasteiger charge is 2.13. The summed E-state index contributed by atoms with van der Waals surface area (Å²) in [4.78, 5) is 26.0. The predicted molar refractivity (Wildman–Crippen MR) is 70.7 cm³/mol. The second kappa shape index (κ2) is 8.65. The highest BCUT2D eigenvalue weighted by Crippen LogP contribution is 2.14. The van der Waals surface area contributed by atoms with Gasteiger partial charge in [-0.2, -0.15) is 0 Å². The van der Waals surface area contributed by atoms with Gasteiger partial charge in [0.25, 0.3) is 5.91 Å². The third-order valence-corrected chi connectivity index (χ3v) is 2.10. The van der Waals surface area contributed by atoms with Gasteiger partial charge in [0.1, 0.15) is 13.2 Å². The summed E-state index contributed by atoms with van der Waals surface area (Å²) in [5, 5.41) is 10.9. The Labute approximate surface area is 116 Å². The highest BCUT2D eigenvalue weighted by molar-refractivity contribution is 5.94. The Morgan fingerprint density at radius 3 is 3.00 bits per heavy atom. The Kier molecular flexibility index (Phi) is 6.77. The summed E-state index contributed by atoms with van der Waals surface area (Å²) in [6, 6.07) is 3.29. The number of pyridine rings is 1. The molecule has 0 atom stereocenters. The minimum atomic E-state index is -1.05. The number of nitrogens with one attached hydrogen (secondary N) is 1. The lowest BCUT2D eigenvalue weighted by atomic mass is 10.3. The van der Waals surface area contributed by atoms with Crippen LogP contribution < -0.4 is 10.1 Å². The number of aliphatic carboxylic acids is 1. The van der Waals surface area contributed by atoms with Gasteiger partial charge in [-0.15, -0.1) is 0 Å². The van der Waals surface area contributed by atoms with E-state index in [9.17, 15) is 9.59 Å². The van der Waals surface area contributed by atoms with Gasteiger partial charge in [-0.25, -0.2) is 9.78 Å². The van der Waals surface area contributed by atoms with Crippen molar-refractivity contribution < 1.29 is 24.2 Å². The fourth-order valence-corrected chi connectivity index (χ4v) is 1.31. The van der Waals surface area contributed by atoms with E-state index < -0.39 is 18.5 Å². The maximum absolute atomic E-state index is 11.9. The number of rotatable bonds is 9. The van der Waals surface area contributed by atoms with Crippen LogP contribution in [0.15, 0.2) is 31.0 Å². The number of aromatic nitrogens is 1. The lowest BCUT2D eigenvalue weighted by Gasteiger charge is -2.09. The molecule has 1 aromatic rings. The van der Waals surface area contributed by atoms with E-state index in [1.165, 1.54) is 6.20 Å². The average Bonchev–Trinajstić information content (AvgIpc) is 2.44. The minimum Gasteiger partial charge on any atom is -0.487 e. The molecule has 1 rings (SSSR count). The van der Waals surface area contributed by atoms with Crippen molar-refractivity contribution in [1.29, 1.82) is 0 Å². The molecule has 1 aromatic heterocycles. The zero-order valence-electron chi connectivity index (χ0n) is 10.9. The molecule has 7 nitrogen and oxygen atoms in total. The number of carboxylic acids is 1. The molecule has 0 fully saturated rings. The first-order valence-corrected chi connectivity index (χ1v) is 5.91. The summed E-state index contributed by atoms with van der Waals surface area (Å²) in [5.41, 5.74) is 0.160. The Morgan fingerprint density at radius 2 is 2.30 bits per heavy atom. The van der Waals surface area contributed by atoms with E-state index in [1.807, 2.05) is 0 Å². The number of carbonyl (C=O) groups excluding carboxylic acids is 1. The summed E-state index contributed by atoms with van der Waals surface area (Å²) in [5.74, 6) is -1.11. The van der Waals surface area contributed by atoms with E-state index in [1.54, 1.807) is 18.2 Å². The monoisotopic (exact) mass is 280 g/mol. The Hall–Kier alpha value is -2.41. The molecule has 0 saturated heterocycles. The molecule has 0 radical (unpaired) electrons. The first-order chi connectivity index (χ1) is 9.65. The highest BCUT2D eigenvalue weighted by atomic mass is 16.5. The van der Waals surface area contributed by atoms with Crippen molar-refractivity contribution in [2.75, 3.05) is 26.4 Å². The number of nitrogens with zero attached hydrogens (tertiary/aromatic N) is 1. The van der Waals surface area contributed by atoms with E-state index in [0.717, 1.165) is 0 Å². The van der Waals surface area contributed by atoms with Gasteiger partial charge in [0.15, 0.2) is 11.4 Å². The predicted octanol–water partition coefficient (Wildman–Crippen LogP) is 0.477. The van der Waals surface area contributed by atoms with E-state index >= 15 is 0 Å². The van der Waals surface area contributed by atoms with Gasteiger partial charge < -0.3 is 19.9 Å². The largest absolute Gasteiger partial charge is 0.487 e. The molecule has 0 spiro atoms. The quantitative estimate of drug-likeness (QED) is 0.504. The van der Waals surface area contributed by atoms with Crippen LogP contribution in [0.25, 0.3) is 0 Å². The fraction of sp³-hybridized carbons (Fsp3) is 0.308. The molecular formula is C13H16N2O5. The summed E-state index contributed by atoms with van der Waals surface area (Å²) < 4.78 is 10.1. The number of carbonyl (C=O) groups is 2. The fourth-order valence-electron chi connectivity index (χ4n) is 1.31. The molecule has 20 heavy (non-hydrogen) atoms. The summed E-state index contributed by atoms with van der Waals surface area (Å²) in [6.45, 7) is 3.69. The molecule has 0 bridgehead atoms. The zero-order valence-corrected chi connectivity index (χ0v) is 10.9. The van der Waals surface area contributed by atoms with Crippen molar-refractivity contribution in [3.05, 3.63) is 36.7 Å². The van der Waals surface area contributed by atoms with Crippen LogP contribution in [0, 0.1) is 0 Å². The molecule has 108 valence electrons. The standard InChI is InChI=1S/C13H16N2O5/c1-2-7-20-10-4-3-5-14-12(10)13(18)15-6-8-19-9-11(16)17/h2-5H,1,6-9H2,(H,15,18)(H,16,17). The van der Waals surface area contributed by atoms with E-state index in [2.05, 4.69) is 16.9 Å². The van der Waals surface area contributed by atoms with Crippen molar-refractivity contribution >= 4 is 11.9 Å². The summed E-state index contributed by atoms with van der Waals surface area (Å²) in [7, 11) is 0. The molecule has 1 amide bonds. The van der Waals surface area contributed by atoms with Crippen LogP contribution in [-0.4, -0.2) is 48.3 Å². The minimum absolute atomic E-state index is 0.105. The molecule has 1 heterocycles. The van der Waals surface area contributed by atoms with Crippen molar-refractivity contribution in [1.82, 2.24) is 10.3 Å². The molecule has 0 aliphatic carbocycles. The molecule has 0 aliphatic rings. The van der Waals surface area contributed by atoms with Crippen LogP contribution in [0.3, 0.4) is 0 Å².